The van der Waals surface area contributed by atoms with Gasteiger partial charge in [-0.05, 0) is 31.0 Å². The van der Waals surface area contributed by atoms with Crippen molar-refractivity contribution in [3.05, 3.63) is 42.2 Å². The van der Waals surface area contributed by atoms with Gasteiger partial charge in [-0.3, -0.25) is 4.68 Å². The van der Waals surface area contributed by atoms with E-state index in [1.165, 1.54) is 18.5 Å². The lowest BCUT2D eigenvalue weighted by Crippen LogP contribution is -2.33. The summed E-state index contributed by atoms with van der Waals surface area (Å²) in [6, 6.07) is 6.72. The van der Waals surface area contributed by atoms with E-state index in [4.69, 9.17) is 0 Å². The fourth-order valence-electron chi connectivity index (χ4n) is 2.73. The van der Waals surface area contributed by atoms with Crippen molar-refractivity contribution in [2.45, 2.75) is 25.4 Å². The highest BCUT2D eigenvalue weighted by Crippen LogP contribution is 2.29. The molecule has 1 saturated heterocycles. The van der Waals surface area contributed by atoms with E-state index >= 15 is 0 Å². The van der Waals surface area contributed by atoms with Crippen LogP contribution in [0.3, 0.4) is 0 Å². The Bertz CT molecular complexity index is 632. The highest BCUT2D eigenvalue weighted by atomic mass is 19.1. The molecule has 0 amide bonds. The van der Waals surface area contributed by atoms with Gasteiger partial charge >= 0.3 is 0 Å². The van der Waals surface area contributed by atoms with E-state index in [1.54, 1.807) is 17.1 Å². The smallest absolute Gasteiger partial charge is 0.137 e. The normalized spacial score (nSPS) is 18.2. The maximum atomic E-state index is 13.2. The largest absolute Gasteiger partial charge is 0.366 e. The predicted molar refractivity (Wildman–Crippen MR) is 71.5 cm³/mol. The van der Waals surface area contributed by atoms with Gasteiger partial charge in [0.1, 0.15) is 24.5 Å². The van der Waals surface area contributed by atoms with Crippen LogP contribution in [0, 0.1) is 17.1 Å². The quantitative estimate of drug-likeness (QED) is 0.856. The van der Waals surface area contributed by atoms with Gasteiger partial charge in [-0.15, -0.1) is 0 Å². The average Bonchev–Trinajstić information content (AvgIpc) is 3.11. The van der Waals surface area contributed by atoms with Gasteiger partial charge in [0.2, 0.25) is 0 Å². The minimum absolute atomic E-state index is 0.259. The first-order valence-electron chi connectivity index (χ1n) is 6.56. The Morgan fingerprint density at radius 2 is 2.35 bits per heavy atom. The Morgan fingerprint density at radius 1 is 1.45 bits per heavy atom. The first-order valence-corrected chi connectivity index (χ1v) is 6.56. The summed E-state index contributed by atoms with van der Waals surface area (Å²) >= 11 is 0. The summed E-state index contributed by atoms with van der Waals surface area (Å²) in [4.78, 5) is 6.11. The molecule has 1 fully saturated rings. The number of nitrogens with zero attached hydrogens (tertiary/aromatic N) is 5. The van der Waals surface area contributed by atoms with Crippen LogP contribution in [0.15, 0.2) is 30.9 Å². The third-order valence-corrected chi connectivity index (χ3v) is 3.63. The molecule has 3 rings (SSSR count). The SMILES string of the molecule is N#Cc1cc(F)ccc1N1CCCC1Cn1cncn1. The van der Waals surface area contributed by atoms with Crippen LogP contribution < -0.4 is 4.90 Å². The molecule has 1 aliphatic heterocycles. The molecule has 0 aliphatic carbocycles. The molecule has 2 aromatic rings. The first kappa shape index (κ1) is 12.6. The van der Waals surface area contributed by atoms with Gasteiger partial charge in [0.05, 0.1) is 17.8 Å². The Hall–Kier alpha value is -2.42. The highest BCUT2D eigenvalue weighted by Gasteiger charge is 2.27. The van der Waals surface area contributed by atoms with Crippen molar-refractivity contribution in [2.24, 2.45) is 0 Å². The maximum absolute atomic E-state index is 13.2. The third kappa shape index (κ3) is 2.35. The number of rotatable bonds is 3. The van der Waals surface area contributed by atoms with Gasteiger partial charge in [-0.1, -0.05) is 0 Å². The molecule has 0 N–H and O–H groups in total. The van der Waals surface area contributed by atoms with Crippen molar-refractivity contribution in [1.29, 1.82) is 5.26 Å². The maximum Gasteiger partial charge on any atom is 0.137 e. The van der Waals surface area contributed by atoms with Crippen molar-refractivity contribution in [2.75, 3.05) is 11.4 Å². The summed E-state index contributed by atoms with van der Waals surface area (Å²) in [5.41, 5.74) is 1.19. The monoisotopic (exact) mass is 271 g/mol. The zero-order chi connectivity index (χ0) is 13.9. The van der Waals surface area contributed by atoms with Gasteiger partial charge < -0.3 is 4.90 Å². The molecule has 20 heavy (non-hydrogen) atoms. The van der Waals surface area contributed by atoms with Crippen molar-refractivity contribution in [1.82, 2.24) is 14.8 Å². The number of benzene rings is 1. The van der Waals surface area contributed by atoms with E-state index in [1.807, 2.05) is 0 Å². The molecule has 0 spiro atoms. The van der Waals surface area contributed by atoms with E-state index in [-0.39, 0.29) is 11.9 Å². The zero-order valence-electron chi connectivity index (χ0n) is 10.9. The Morgan fingerprint density at radius 3 is 3.10 bits per heavy atom. The first-order chi connectivity index (χ1) is 9.78. The fraction of sp³-hybridized carbons (Fsp3) is 0.357. The molecule has 1 unspecified atom stereocenters. The van der Waals surface area contributed by atoms with Crippen LogP contribution in [0.5, 0.6) is 0 Å². The number of aromatic nitrogens is 3. The summed E-state index contributed by atoms with van der Waals surface area (Å²) in [7, 11) is 0. The summed E-state index contributed by atoms with van der Waals surface area (Å²) < 4.78 is 15.0. The lowest BCUT2D eigenvalue weighted by Gasteiger charge is -2.27. The second-order valence-corrected chi connectivity index (χ2v) is 4.88. The van der Waals surface area contributed by atoms with Crippen LogP contribution in [0.1, 0.15) is 18.4 Å². The summed E-state index contributed by atoms with van der Waals surface area (Å²) in [5.74, 6) is -0.377. The topological polar surface area (TPSA) is 57.7 Å². The van der Waals surface area contributed by atoms with Crippen LogP contribution in [-0.2, 0) is 6.54 Å². The van der Waals surface area contributed by atoms with Crippen LogP contribution in [0.4, 0.5) is 10.1 Å². The second-order valence-electron chi connectivity index (χ2n) is 4.88. The number of nitriles is 1. The van der Waals surface area contributed by atoms with Gasteiger partial charge in [-0.2, -0.15) is 10.4 Å². The number of hydrogen-bond donors (Lipinski definition) is 0. The van der Waals surface area contributed by atoms with E-state index in [0.717, 1.165) is 31.6 Å². The van der Waals surface area contributed by atoms with Crippen LogP contribution in [0.2, 0.25) is 0 Å². The minimum atomic E-state index is -0.377. The number of anilines is 1. The Balaban J connectivity index is 1.87. The average molecular weight is 271 g/mol. The number of hydrogen-bond acceptors (Lipinski definition) is 4. The molecule has 102 valence electrons. The lowest BCUT2D eigenvalue weighted by atomic mass is 10.1. The highest BCUT2D eigenvalue weighted by molar-refractivity contribution is 5.60. The summed E-state index contributed by atoms with van der Waals surface area (Å²) in [6.45, 7) is 1.60. The van der Waals surface area contributed by atoms with Crippen molar-refractivity contribution < 1.29 is 4.39 Å². The number of halogens is 1. The van der Waals surface area contributed by atoms with Gasteiger partial charge in [-0.25, -0.2) is 9.37 Å². The zero-order valence-corrected chi connectivity index (χ0v) is 10.9. The molecule has 0 bridgehead atoms. The summed E-state index contributed by atoms with van der Waals surface area (Å²) in [6.07, 6.45) is 5.29. The van der Waals surface area contributed by atoms with E-state index in [9.17, 15) is 9.65 Å². The fourth-order valence-corrected chi connectivity index (χ4v) is 2.73. The third-order valence-electron chi connectivity index (χ3n) is 3.63. The molecule has 5 nitrogen and oxygen atoms in total. The van der Waals surface area contributed by atoms with Crippen molar-refractivity contribution >= 4 is 5.69 Å². The van der Waals surface area contributed by atoms with Crippen LogP contribution in [0.25, 0.3) is 0 Å². The van der Waals surface area contributed by atoms with Crippen molar-refractivity contribution in [3.8, 4) is 6.07 Å². The van der Waals surface area contributed by atoms with Crippen LogP contribution >= 0.6 is 0 Å². The molecule has 1 aromatic heterocycles. The molecular formula is C14H14FN5. The molecule has 6 heteroatoms. The molecule has 1 aliphatic rings. The van der Waals surface area contributed by atoms with Gasteiger partial charge in [0.25, 0.3) is 0 Å². The molecule has 0 radical (unpaired) electrons. The molecule has 0 saturated carbocycles. The van der Waals surface area contributed by atoms with E-state index < -0.39 is 0 Å². The molecule has 2 heterocycles. The van der Waals surface area contributed by atoms with Gasteiger partial charge in [0, 0.05) is 12.6 Å². The Labute approximate surface area is 116 Å². The molecular weight excluding hydrogens is 257 g/mol. The van der Waals surface area contributed by atoms with Crippen molar-refractivity contribution in [3.63, 3.8) is 0 Å². The summed E-state index contributed by atoms with van der Waals surface area (Å²) in [5, 5.41) is 13.3. The second kappa shape index (κ2) is 5.29. The molecule has 1 aromatic carbocycles. The van der Waals surface area contributed by atoms with E-state index in [2.05, 4.69) is 21.1 Å². The Kier molecular flexibility index (Phi) is 3.33. The van der Waals surface area contributed by atoms with Crippen LogP contribution in [-0.4, -0.2) is 27.4 Å². The van der Waals surface area contributed by atoms with Gasteiger partial charge in [0.15, 0.2) is 0 Å². The van der Waals surface area contributed by atoms with E-state index in [0.29, 0.717) is 5.56 Å². The predicted octanol–water partition coefficient (Wildman–Crippen LogP) is 1.96. The lowest BCUT2D eigenvalue weighted by molar-refractivity contribution is 0.508. The standard InChI is InChI=1S/C14H14FN5/c15-12-3-4-14(11(6-12)7-16)20-5-1-2-13(20)8-19-10-17-9-18-19/h3-4,6,9-10,13H,1-2,5,8H2. The minimum Gasteiger partial charge on any atom is -0.366 e. The molecule has 1 atom stereocenters.